The van der Waals surface area contributed by atoms with Gasteiger partial charge in [0, 0.05) is 26.2 Å². The summed E-state index contributed by atoms with van der Waals surface area (Å²) >= 11 is 0. The molecular weight excluding hydrogens is 600 g/mol. The zero-order chi connectivity index (χ0) is 34.1. The first-order valence-electron chi connectivity index (χ1n) is 15.3. The van der Waals surface area contributed by atoms with E-state index in [-0.39, 0.29) is 26.2 Å². The summed E-state index contributed by atoms with van der Waals surface area (Å²) in [6.07, 6.45) is 0.810. The van der Waals surface area contributed by atoms with Gasteiger partial charge in [-0.1, -0.05) is 58.0 Å². The fraction of sp³-hybridized carbons (Fsp3) is 0.548. The molecule has 15 heteroatoms. The number of carbonyl (C=O) groups excluding carboxylic acids is 7. The van der Waals surface area contributed by atoms with E-state index >= 15 is 0 Å². The SMILES string of the molecule is CC(C)[C@H](NC(=O)[C@@H]1CCCN1C(=O)[C@@H](NC(=O)CN1CCN(CC(=O)O)C(=O)C1=O)C(C)C)C(=O)C(=O)NCc1ccccc1. The fourth-order valence-electron chi connectivity index (χ4n) is 5.36. The third-order valence-electron chi connectivity index (χ3n) is 7.91. The van der Waals surface area contributed by atoms with Gasteiger partial charge < -0.3 is 35.8 Å². The van der Waals surface area contributed by atoms with Crippen molar-refractivity contribution in [2.75, 3.05) is 32.7 Å². The molecule has 0 unspecified atom stereocenters. The summed E-state index contributed by atoms with van der Waals surface area (Å²) in [6, 6.07) is 5.92. The lowest BCUT2D eigenvalue weighted by atomic mass is 9.98. The molecule has 0 spiro atoms. The number of nitrogens with one attached hydrogen (secondary N) is 3. The lowest BCUT2D eigenvalue weighted by Gasteiger charge is -2.34. The van der Waals surface area contributed by atoms with Crippen molar-refractivity contribution in [3.8, 4) is 0 Å². The van der Waals surface area contributed by atoms with Crippen LogP contribution >= 0.6 is 0 Å². The molecule has 0 bridgehead atoms. The molecule has 6 amide bonds. The molecular formula is C31H42N6O9. The second-order valence-electron chi connectivity index (χ2n) is 12.1. The fourth-order valence-corrected chi connectivity index (χ4v) is 5.36. The summed E-state index contributed by atoms with van der Waals surface area (Å²) in [5, 5.41) is 16.8. The number of carboxylic acid groups (broad SMARTS) is 1. The molecule has 2 aliphatic heterocycles. The molecule has 15 nitrogen and oxygen atoms in total. The summed E-state index contributed by atoms with van der Waals surface area (Å²) in [7, 11) is 0. The first kappa shape index (κ1) is 35.7. The number of carbonyl (C=O) groups is 8. The Morgan fingerprint density at radius 2 is 1.41 bits per heavy atom. The Kier molecular flexibility index (Phi) is 12.4. The van der Waals surface area contributed by atoms with Gasteiger partial charge in [0.15, 0.2) is 0 Å². The minimum atomic E-state index is -1.27. The molecule has 2 heterocycles. The predicted molar refractivity (Wildman–Crippen MR) is 162 cm³/mol. The molecule has 2 aliphatic rings. The van der Waals surface area contributed by atoms with Gasteiger partial charge in [0.05, 0.1) is 6.04 Å². The molecule has 3 atom stereocenters. The maximum Gasteiger partial charge on any atom is 0.323 e. The minimum absolute atomic E-state index is 0.0556. The Balaban J connectivity index is 1.62. The number of nitrogens with zero attached hydrogens (tertiary/aromatic N) is 3. The van der Waals surface area contributed by atoms with Gasteiger partial charge in [0.2, 0.25) is 23.5 Å². The summed E-state index contributed by atoms with van der Waals surface area (Å²) in [6.45, 7) is 5.90. The lowest BCUT2D eigenvalue weighted by Crippen LogP contribution is -2.60. The molecule has 0 aliphatic carbocycles. The van der Waals surface area contributed by atoms with E-state index in [1.54, 1.807) is 52.0 Å². The highest BCUT2D eigenvalue weighted by molar-refractivity contribution is 6.38. The van der Waals surface area contributed by atoms with Crippen LogP contribution in [0.3, 0.4) is 0 Å². The molecule has 0 aromatic heterocycles. The van der Waals surface area contributed by atoms with Crippen molar-refractivity contribution in [3.05, 3.63) is 35.9 Å². The van der Waals surface area contributed by atoms with Crippen LogP contribution < -0.4 is 16.0 Å². The van der Waals surface area contributed by atoms with Gasteiger partial charge in [-0.3, -0.25) is 38.4 Å². The highest BCUT2D eigenvalue weighted by Gasteiger charge is 2.41. The number of hydrogen-bond acceptors (Lipinski definition) is 8. The van der Waals surface area contributed by atoms with E-state index in [1.165, 1.54) is 4.90 Å². The second kappa shape index (κ2) is 16.0. The number of rotatable bonds is 14. The second-order valence-corrected chi connectivity index (χ2v) is 12.1. The van der Waals surface area contributed by atoms with E-state index in [4.69, 9.17) is 5.11 Å². The van der Waals surface area contributed by atoms with Crippen molar-refractivity contribution >= 4 is 47.2 Å². The van der Waals surface area contributed by atoms with Crippen molar-refractivity contribution < 1.29 is 43.5 Å². The zero-order valence-electron chi connectivity index (χ0n) is 26.5. The van der Waals surface area contributed by atoms with Crippen LogP contribution in [0, 0.1) is 11.8 Å². The molecule has 2 saturated heterocycles. The largest absolute Gasteiger partial charge is 0.480 e. The molecule has 1 aromatic rings. The van der Waals surface area contributed by atoms with Crippen molar-refractivity contribution in [1.29, 1.82) is 0 Å². The van der Waals surface area contributed by atoms with Gasteiger partial charge in [0.25, 0.3) is 5.91 Å². The van der Waals surface area contributed by atoms with E-state index in [0.29, 0.717) is 12.8 Å². The number of piperazine rings is 1. The van der Waals surface area contributed by atoms with Crippen LogP contribution in [-0.4, -0.2) is 118 Å². The minimum Gasteiger partial charge on any atom is -0.480 e. The van der Waals surface area contributed by atoms with Crippen LogP contribution in [0.25, 0.3) is 0 Å². The van der Waals surface area contributed by atoms with Gasteiger partial charge in [-0.25, -0.2) is 0 Å². The van der Waals surface area contributed by atoms with Crippen LogP contribution in [0.1, 0.15) is 46.1 Å². The highest BCUT2D eigenvalue weighted by Crippen LogP contribution is 2.21. The lowest BCUT2D eigenvalue weighted by molar-refractivity contribution is -0.159. The number of Topliss-reactive ketones (excluding diaryl/α,β-unsaturated/α-hetero) is 1. The van der Waals surface area contributed by atoms with Crippen LogP contribution in [0.5, 0.6) is 0 Å². The molecule has 0 radical (unpaired) electrons. The third-order valence-corrected chi connectivity index (χ3v) is 7.91. The summed E-state index contributed by atoms with van der Waals surface area (Å²) in [4.78, 5) is 105. The Morgan fingerprint density at radius 3 is 1.98 bits per heavy atom. The van der Waals surface area contributed by atoms with Crippen molar-refractivity contribution in [1.82, 2.24) is 30.7 Å². The van der Waals surface area contributed by atoms with Crippen LogP contribution in [-0.2, 0) is 44.9 Å². The topological polar surface area (TPSA) is 203 Å². The van der Waals surface area contributed by atoms with Crippen molar-refractivity contribution in [2.24, 2.45) is 11.8 Å². The monoisotopic (exact) mass is 642 g/mol. The number of aliphatic carboxylic acids is 1. The molecule has 0 saturated carbocycles. The maximum absolute atomic E-state index is 13.7. The normalized spacial score (nSPS) is 18.0. The number of ketones is 1. The van der Waals surface area contributed by atoms with E-state index < -0.39 is 90.2 Å². The number of amides is 6. The van der Waals surface area contributed by atoms with Gasteiger partial charge in [-0.05, 0) is 30.2 Å². The van der Waals surface area contributed by atoms with Crippen molar-refractivity contribution in [3.63, 3.8) is 0 Å². The summed E-state index contributed by atoms with van der Waals surface area (Å²) < 4.78 is 0. The Hall–Kier alpha value is -4.82. The van der Waals surface area contributed by atoms with Gasteiger partial charge >= 0.3 is 17.8 Å². The standard InChI is InChI=1S/C31H42N6O9/c1-18(2)24(26(41)28(43)32-15-20-9-6-5-7-10-20)34-27(42)21-11-8-12-37(21)29(44)25(19(3)4)33-22(38)16-35-13-14-36(17-23(39)40)31(46)30(35)45/h5-7,9-10,18-19,21,24-25H,8,11-17H2,1-4H3,(H,32,43)(H,33,38)(H,34,42)(H,39,40)/t21-,24-,25-/m0/s1. The first-order chi connectivity index (χ1) is 21.7. The van der Waals surface area contributed by atoms with E-state index in [1.807, 2.05) is 6.07 Å². The number of hydrogen-bond donors (Lipinski definition) is 4. The molecule has 4 N–H and O–H groups in total. The maximum atomic E-state index is 13.7. The van der Waals surface area contributed by atoms with Crippen LogP contribution in [0.2, 0.25) is 0 Å². The molecule has 250 valence electrons. The van der Waals surface area contributed by atoms with E-state index in [0.717, 1.165) is 15.4 Å². The molecule has 1 aromatic carbocycles. The number of carboxylic acids is 1. The van der Waals surface area contributed by atoms with Gasteiger partial charge in [-0.2, -0.15) is 0 Å². The highest BCUT2D eigenvalue weighted by atomic mass is 16.4. The Morgan fingerprint density at radius 1 is 0.826 bits per heavy atom. The average Bonchev–Trinajstić information content (AvgIpc) is 3.51. The van der Waals surface area contributed by atoms with E-state index in [9.17, 15) is 38.4 Å². The van der Waals surface area contributed by atoms with Crippen LogP contribution in [0.4, 0.5) is 0 Å². The van der Waals surface area contributed by atoms with Gasteiger partial charge in [0.1, 0.15) is 25.2 Å². The quantitative estimate of drug-likeness (QED) is 0.182. The van der Waals surface area contributed by atoms with Crippen LogP contribution in [0.15, 0.2) is 30.3 Å². The van der Waals surface area contributed by atoms with Gasteiger partial charge in [-0.15, -0.1) is 0 Å². The molecule has 46 heavy (non-hydrogen) atoms. The average molecular weight is 643 g/mol. The third kappa shape index (κ3) is 9.11. The molecule has 3 rings (SSSR count). The number of likely N-dealkylation sites (tertiary alicyclic amines) is 1. The smallest absolute Gasteiger partial charge is 0.323 e. The summed E-state index contributed by atoms with van der Waals surface area (Å²) in [5.74, 6) is -7.62. The predicted octanol–water partition coefficient (Wildman–Crippen LogP) is -1.10. The first-order valence-corrected chi connectivity index (χ1v) is 15.3. The zero-order valence-corrected chi connectivity index (χ0v) is 26.5. The molecule has 2 fully saturated rings. The summed E-state index contributed by atoms with van der Waals surface area (Å²) in [5.41, 5.74) is 0.805. The Labute approximate surface area is 267 Å². The van der Waals surface area contributed by atoms with Crippen molar-refractivity contribution in [2.45, 2.75) is 65.2 Å². The number of benzene rings is 1. The Bertz CT molecular complexity index is 1350. The van der Waals surface area contributed by atoms with E-state index in [2.05, 4.69) is 16.0 Å².